The fourth-order valence-corrected chi connectivity index (χ4v) is 2.74. The van der Waals surface area contributed by atoms with Gasteiger partial charge in [0.2, 0.25) is 10.0 Å². The van der Waals surface area contributed by atoms with Crippen LogP contribution in [0.4, 0.5) is 13.2 Å². The number of aromatic nitrogens is 1. The van der Waals surface area contributed by atoms with Crippen molar-refractivity contribution in [2.45, 2.75) is 11.1 Å². The fourth-order valence-electron chi connectivity index (χ4n) is 1.55. The molecule has 0 unspecified atom stereocenters. The Kier molecular flexibility index (Phi) is 3.46. The topological polar surface area (TPSA) is 59.1 Å². The van der Waals surface area contributed by atoms with Crippen LogP contribution in [0.5, 0.6) is 0 Å². The van der Waals surface area contributed by atoms with Crippen molar-refractivity contribution in [2.75, 3.05) is 6.54 Å². The molecule has 0 aliphatic rings. The Hall–Kier alpha value is -1.67. The highest BCUT2D eigenvalue weighted by atomic mass is 32.2. The van der Waals surface area contributed by atoms with E-state index in [1.807, 2.05) is 0 Å². The van der Waals surface area contributed by atoms with E-state index in [2.05, 4.69) is 4.98 Å². The summed E-state index contributed by atoms with van der Waals surface area (Å²) in [7, 11) is -4.25. The van der Waals surface area contributed by atoms with Crippen LogP contribution in [0.1, 0.15) is 0 Å². The largest absolute Gasteiger partial charge is 0.402 e. The molecule has 0 bridgehead atoms. The maximum Gasteiger partial charge on any atom is 0.402 e. The third-order valence-electron chi connectivity index (χ3n) is 2.35. The van der Waals surface area contributed by atoms with Gasteiger partial charge in [-0.05, 0) is 12.1 Å². The number of benzene rings is 1. The molecule has 1 N–H and O–H groups in total. The summed E-state index contributed by atoms with van der Waals surface area (Å²) in [5.74, 6) is 0. The molecule has 102 valence electrons. The first-order valence-corrected chi connectivity index (χ1v) is 6.68. The molecule has 0 spiro atoms. The monoisotopic (exact) mass is 290 g/mol. The van der Waals surface area contributed by atoms with E-state index < -0.39 is 22.7 Å². The Labute approximate surface area is 107 Å². The first kappa shape index (κ1) is 13.8. The third kappa shape index (κ3) is 3.21. The molecular weight excluding hydrogens is 281 g/mol. The highest BCUT2D eigenvalue weighted by Gasteiger charge is 2.30. The molecule has 0 atom stereocenters. The normalized spacial score (nSPS) is 12.8. The molecule has 0 amide bonds. The lowest BCUT2D eigenvalue weighted by Gasteiger charge is -2.10. The fraction of sp³-hybridized carbons (Fsp3) is 0.182. The first-order valence-electron chi connectivity index (χ1n) is 5.20. The van der Waals surface area contributed by atoms with E-state index in [1.54, 1.807) is 18.2 Å². The van der Waals surface area contributed by atoms with E-state index >= 15 is 0 Å². The molecule has 0 saturated carbocycles. The molecule has 4 nitrogen and oxygen atoms in total. The number of para-hydroxylation sites is 1. The summed E-state index contributed by atoms with van der Waals surface area (Å²) in [6.07, 6.45) is -3.23. The van der Waals surface area contributed by atoms with E-state index in [9.17, 15) is 21.6 Å². The van der Waals surface area contributed by atoms with E-state index in [0.29, 0.717) is 5.39 Å². The molecule has 1 aromatic heterocycles. The number of nitrogens with one attached hydrogen (secondary N) is 1. The molecule has 0 aliphatic heterocycles. The standard InChI is InChI=1S/C11H9F3N2O2S/c12-11(13,14)7-16-19(17,18)9-5-1-3-8-4-2-6-15-10(8)9/h1-6,16H,7H2. The average Bonchev–Trinajstić information content (AvgIpc) is 2.35. The minimum Gasteiger partial charge on any atom is -0.255 e. The Balaban J connectivity index is 2.44. The molecule has 2 rings (SSSR count). The summed E-state index contributed by atoms with van der Waals surface area (Å²) in [5.41, 5.74) is 0.139. The lowest BCUT2D eigenvalue weighted by atomic mass is 10.2. The van der Waals surface area contributed by atoms with Crippen molar-refractivity contribution in [2.24, 2.45) is 0 Å². The molecule has 0 aliphatic carbocycles. The molecule has 0 fully saturated rings. The van der Waals surface area contributed by atoms with Gasteiger partial charge in [0.25, 0.3) is 0 Å². The number of hydrogen-bond acceptors (Lipinski definition) is 3. The maximum absolute atomic E-state index is 12.1. The molecule has 1 aromatic carbocycles. The number of halogens is 3. The van der Waals surface area contributed by atoms with Gasteiger partial charge in [0.1, 0.15) is 11.4 Å². The smallest absolute Gasteiger partial charge is 0.255 e. The number of alkyl halides is 3. The summed E-state index contributed by atoms with van der Waals surface area (Å²) >= 11 is 0. The van der Waals surface area contributed by atoms with Crippen LogP contribution in [0, 0.1) is 0 Å². The van der Waals surface area contributed by atoms with Gasteiger partial charge >= 0.3 is 6.18 Å². The quantitative estimate of drug-likeness (QED) is 0.941. The van der Waals surface area contributed by atoms with Crippen molar-refractivity contribution in [1.29, 1.82) is 0 Å². The van der Waals surface area contributed by atoms with Crippen LogP contribution in [-0.2, 0) is 10.0 Å². The highest BCUT2D eigenvalue weighted by Crippen LogP contribution is 2.21. The van der Waals surface area contributed by atoms with E-state index in [0.717, 1.165) is 0 Å². The van der Waals surface area contributed by atoms with Gasteiger partial charge in [0.15, 0.2) is 0 Å². The van der Waals surface area contributed by atoms with Crippen LogP contribution in [-0.4, -0.2) is 26.1 Å². The molecule has 8 heteroatoms. The van der Waals surface area contributed by atoms with Gasteiger partial charge < -0.3 is 0 Å². The second-order valence-electron chi connectivity index (χ2n) is 3.77. The van der Waals surface area contributed by atoms with Crippen molar-refractivity contribution in [1.82, 2.24) is 9.71 Å². The molecule has 19 heavy (non-hydrogen) atoms. The molecule has 2 aromatic rings. The second kappa shape index (κ2) is 4.78. The number of nitrogens with zero attached hydrogens (tertiary/aromatic N) is 1. The number of fused-ring (bicyclic) bond motifs is 1. The van der Waals surface area contributed by atoms with Gasteiger partial charge in [-0.2, -0.15) is 13.2 Å². The number of hydrogen-bond donors (Lipinski definition) is 1. The Morgan fingerprint density at radius 3 is 2.53 bits per heavy atom. The van der Waals surface area contributed by atoms with Gasteiger partial charge in [-0.3, -0.25) is 4.98 Å². The van der Waals surface area contributed by atoms with Crippen LogP contribution in [0.25, 0.3) is 10.9 Å². The SMILES string of the molecule is O=S(=O)(NCC(F)(F)F)c1cccc2cccnc12. The summed E-state index contributed by atoms with van der Waals surface area (Å²) in [4.78, 5) is 3.62. The molecule has 0 radical (unpaired) electrons. The van der Waals surface area contributed by atoms with Crippen molar-refractivity contribution < 1.29 is 21.6 Å². The number of sulfonamides is 1. The summed E-state index contributed by atoms with van der Waals surface area (Å²) in [6.45, 7) is -1.61. The summed E-state index contributed by atoms with van der Waals surface area (Å²) < 4.78 is 61.4. The van der Waals surface area contributed by atoms with Crippen molar-refractivity contribution in [3.05, 3.63) is 36.5 Å². The summed E-state index contributed by atoms with van der Waals surface area (Å²) in [6, 6.07) is 7.54. The Morgan fingerprint density at radius 2 is 1.84 bits per heavy atom. The van der Waals surface area contributed by atoms with Gasteiger partial charge in [-0.1, -0.05) is 18.2 Å². The maximum atomic E-state index is 12.1. The van der Waals surface area contributed by atoms with Crippen LogP contribution < -0.4 is 4.72 Å². The Bertz CT molecular complexity index is 693. The zero-order valence-corrected chi connectivity index (χ0v) is 10.3. The lowest BCUT2D eigenvalue weighted by Crippen LogP contribution is -2.33. The van der Waals surface area contributed by atoms with Gasteiger partial charge in [0, 0.05) is 11.6 Å². The van der Waals surface area contributed by atoms with E-state index in [4.69, 9.17) is 0 Å². The zero-order chi connectivity index (χ0) is 14.1. The van der Waals surface area contributed by atoms with Crippen molar-refractivity contribution in [3.8, 4) is 0 Å². The van der Waals surface area contributed by atoms with E-state index in [1.165, 1.54) is 23.1 Å². The molecule has 1 heterocycles. The predicted octanol–water partition coefficient (Wildman–Crippen LogP) is 2.08. The second-order valence-corrected chi connectivity index (χ2v) is 5.51. The molecular formula is C11H9F3N2O2S. The van der Waals surface area contributed by atoms with Crippen molar-refractivity contribution >= 4 is 20.9 Å². The van der Waals surface area contributed by atoms with E-state index in [-0.39, 0.29) is 10.4 Å². The van der Waals surface area contributed by atoms with Gasteiger partial charge in [-0.25, -0.2) is 13.1 Å². The zero-order valence-electron chi connectivity index (χ0n) is 9.48. The van der Waals surface area contributed by atoms with Gasteiger partial charge in [0.05, 0.1) is 5.52 Å². The number of pyridine rings is 1. The predicted molar refractivity (Wildman–Crippen MR) is 63.0 cm³/mol. The Morgan fingerprint density at radius 1 is 1.16 bits per heavy atom. The highest BCUT2D eigenvalue weighted by molar-refractivity contribution is 7.89. The first-order chi connectivity index (χ1) is 8.80. The summed E-state index contributed by atoms with van der Waals surface area (Å²) in [5, 5.41) is 0.539. The average molecular weight is 290 g/mol. The van der Waals surface area contributed by atoms with Gasteiger partial charge in [-0.15, -0.1) is 0 Å². The minimum atomic E-state index is -4.61. The molecule has 0 saturated heterocycles. The minimum absolute atomic E-state index is 0.139. The third-order valence-corrected chi connectivity index (χ3v) is 3.78. The van der Waals surface area contributed by atoms with Crippen LogP contribution in [0.15, 0.2) is 41.4 Å². The lowest BCUT2D eigenvalue weighted by molar-refractivity contribution is -0.121. The van der Waals surface area contributed by atoms with Crippen LogP contribution >= 0.6 is 0 Å². The number of rotatable bonds is 3. The van der Waals surface area contributed by atoms with Crippen LogP contribution in [0.2, 0.25) is 0 Å². The van der Waals surface area contributed by atoms with Crippen molar-refractivity contribution in [3.63, 3.8) is 0 Å². The van der Waals surface area contributed by atoms with Crippen LogP contribution in [0.3, 0.4) is 0 Å².